The third-order valence-electron chi connectivity index (χ3n) is 2.81. The van der Waals surface area contributed by atoms with Crippen molar-refractivity contribution in [2.45, 2.75) is 45.6 Å². The van der Waals surface area contributed by atoms with Crippen LogP contribution in [0.25, 0.3) is 0 Å². The van der Waals surface area contributed by atoms with Crippen molar-refractivity contribution in [2.24, 2.45) is 0 Å². The molecule has 0 saturated carbocycles. The monoisotopic (exact) mass is 214 g/mol. The maximum absolute atomic E-state index is 11.3. The van der Waals surface area contributed by atoms with E-state index >= 15 is 0 Å². The Morgan fingerprint density at radius 3 is 2.20 bits per heavy atom. The van der Waals surface area contributed by atoms with Gasteiger partial charge in [-0.25, -0.2) is 0 Å². The fourth-order valence-corrected chi connectivity index (χ4v) is 1.35. The molecule has 2 N–H and O–H groups in total. The predicted octanol–water partition coefficient (Wildman–Crippen LogP) is 0.860. The fraction of sp³-hybridized carbons (Fsp3) is 0.818. The van der Waals surface area contributed by atoms with E-state index in [4.69, 9.17) is 0 Å². The number of ketones is 1. The summed E-state index contributed by atoms with van der Waals surface area (Å²) in [5, 5.41) is 5.78. The highest BCUT2D eigenvalue weighted by Gasteiger charge is 2.26. The van der Waals surface area contributed by atoms with Crippen molar-refractivity contribution in [3.05, 3.63) is 0 Å². The summed E-state index contributed by atoms with van der Waals surface area (Å²) < 4.78 is 0. The van der Waals surface area contributed by atoms with Crippen LogP contribution in [0.4, 0.5) is 0 Å². The highest BCUT2D eigenvalue weighted by molar-refractivity contribution is 5.85. The maximum Gasteiger partial charge on any atom is 0.216 e. The minimum atomic E-state index is -0.420. The van der Waals surface area contributed by atoms with Gasteiger partial charge in [-0.3, -0.25) is 9.59 Å². The third-order valence-corrected chi connectivity index (χ3v) is 2.81. The molecule has 0 radical (unpaired) electrons. The largest absolute Gasteiger partial charge is 0.356 e. The Balaban J connectivity index is 3.73. The molecule has 88 valence electrons. The van der Waals surface area contributed by atoms with Crippen LogP contribution in [-0.2, 0) is 9.59 Å². The molecule has 0 rings (SSSR count). The van der Waals surface area contributed by atoms with Gasteiger partial charge in [0, 0.05) is 13.5 Å². The minimum Gasteiger partial charge on any atom is -0.356 e. The van der Waals surface area contributed by atoms with Crippen molar-refractivity contribution >= 4 is 11.7 Å². The molecule has 0 saturated heterocycles. The number of likely N-dealkylation sites (N-methyl/N-ethyl adjacent to an activating group) is 1. The van der Waals surface area contributed by atoms with Gasteiger partial charge in [-0.05, 0) is 40.2 Å². The summed E-state index contributed by atoms with van der Waals surface area (Å²) in [6, 6.07) is 0. The lowest BCUT2D eigenvalue weighted by molar-refractivity contribution is -0.123. The molecule has 4 heteroatoms. The first-order chi connectivity index (χ1) is 6.92. The van der Waals surface area contributed by atoms with E-state index in [0.717, 1.165) is 19.3 Å². The lowest BCUT2D eigenvalue weighted by Crippen LogP contribution is -2.46. The number of Topliss-reactive ketones (excluding diaryl/α,β-unsaturated/α-hetero) is 1. The number of hydrogen-bond donors (Lipinski definition) is 2. The van der Waals surface area contributed by atoms with E-state index in [2.05, 4.69) is 10.6 Å². The van der Waals surface area contributed by atoms with Crippen molar-refractivity contribution in [1.82, 2.24) is 10.6 Å². The zero-order valence-corrected chi connectivity index (χ0v) is 10.1. The van der Waals surface area contributed by atoms with Crippen molar-refractivity contribution in [2.75, 3.05) is 13.6 Å². The van der Waals surface area contributed by atoms with Crippen molar-refractivity contribution < 1.29 is 9.59 Å². The van der Waals surface area contributed by atoms with E-state index in [0.29, 0.717) is 6.54 Å². The first-order valence-corrected chi connectivity index (χ1v) is 5.37. The fourth-order valence-electron chi connectivity index (χ4n) is 1.35. The number of carbonyl (C=O) groups is 2. The lowest BCUT2D eigenvalue weighted by Gasteiger charge is -2.26. The van der Waals surface area contributed by atoms with E-state index in [9.17, 15) is 9.59 Å². The number of nitrogens with one attached hydrogen (secondary N) is 2. The van der Waals surface area contributed by atoms with Gasteiger partial charge in [0.15, 0.2) is 0 Å². The molecule has 0 aromatic carbocycles. The van der Waals surface area contributed by atoms with Crippen LogP contribution in [0, 0.1) is 0 Å². The van der Waals surface area contributed by atoms with Crippen LogP contribution in [0.15, 0.2) is 0 Å². The number of carbonyl (C=O) groups excluding carboxylic acids is 2. The van der Waals surface area contributed by atoms with Crippen LogP contribution in [-0.4, -0.2) is 30.8 Å². The van der Waals surface area contributed by atoms with Crippen LogP contribution >= 0.6 is 0 Å². The standard InChI is InChI=1S/C11H22N2O2/c1-9(14)11(3,12-4)7-5-6-8-13-10(2)15/h12H,5-8H2,1-4H3,(H,13,15)/t11-/m1/s1. The van der Waals surface area contributed by atoms with Gasteiger partial charge in [-0.15, -0.1) is 0 Å². The van der Waals surface area contributed by atoms with Gasteiger partial charge in [0.1, 0.15) is 5.78 Å². The number of amides is 1. The molecule has 0 fully saturated rings. The minimum absolute atomic E-state index is 0.00190. The Labute approximate surface area is 91.8 Å². The summed E-state index contributed by atoms with van der Waals surface area (Å²) in [6.45, 7) is 5.71. The van der Waals surface area contributed by atoms with Crippen molar-refractivity contribution in [3.8, 4) is 0 Å². The molecule has 0 unspecified atom stereocenters. The lowest BCUT2D eigenvalue weighted by atomic mass is 9.91. The summed E-state index contributed by atoms with van der Waals surface area (Å²) in [4.78, 5) is 21.9. The zero-order chi connectivity index (χ0) is 11.9. The molecule has 0 aromatic rings. The number of unbranched alkanes of at least 4 members (excludes halogenated alkanes) is 1. The van der Waals surface area contributed by atoms with E-state index in [1.165, 1.54) is 6.92 Å². The van der Waals surface area contributed by atoms with Crippen LogP contribution < -0.4 is 10.6 Å². The van der Waals surface area contributed by atoms with Gasteiger partial charge in [0.05, 0.1) is 5.54 Å². The van der Waals surface area contributed by atoms with Gasteiger partial charge in [-0.1, -0.05) is 0 Å². The Morgan fingerprint density at radius 1 is 1.20 bits per heavy atom. The first-order valence-electron chi connectivity index (χ1n) is 5.37. The Morgan fingerprint density at radius 2 is 1.80 bits per heavy atom. The SMILES string of the molecule is CN[C@](C)(CCCCNC(C)=O)C(C)=O. The van der Waals surface area contributed by atoms with E-state index in [-0.39, 0.29) is 11.7 Å². The Hall–Kier alpha value is -0.900. The Bertz CT molecular complexity index is 229. The average Bonchev–Trinajstić information content (AvgIpc) is 2.16. The second kappa shape index (κ2) is 6.56. The summed E-state index contributed by atoms with van der Waals surface area (Å²) in [7, 11) is 1.80. The molecular formula is C11H22N2O2. The maximum atomic E-state index is 11.3. The second-order valence-corrected chi connectivity index (χ2v) is 4.08. The summed E-state index contributed by atoms with van der Waals surface area (Å²) in [6.07, 6.45) is 2.64. The predicted molar refractivity (Wildman–Crippen MR) is 60.7 cm³/mol. The third kappa shape index (κ3) is 5.52. The zero-order valence-electron chi connectivity index (χ0n) is 10.1. The van der Waals surface area contributed by atoms with Crippen LogP contribution in [0.3, 0.4) is 0 Å². The van der Waals surface area contributed by atoms with Gasteiger partial charge in [-0.2, -0.15) is 0 Å². The molecule has 0 spiro atoms. The van der Waals surface area contributed by atoms with Gasteiger partial charge in [0.2, 0.25) is 5.91 Å². The smallest absolute Gasteiger partial charge is 0.216 e. The molecule has 0 aliphatic carbocycles. The molecule has 0 aliphatic heterocycles. The molecule has 15 heavy (non-hydrogen) atoms. The number of hydrogen-bond acceptors (Lipinski definition) is 3. The van der Waals surface area contributed by atoms with Crippen molar-refractivity contribution in [3.63, 3.8) is 0 Å². The topological polar surface area (TPSA) is 58.2 Å². The second-order valence-electron chi connectivity index (χ2n) is 4.08. The summed E-state index contributed by atoms with van der Waals surface area (Å²) >= 11 is 0. The molecule has 0 aromatic heterocycles. The van der Waals surface area contributed by atoms with Crippen LogP contribution in [0.1, 0.15) is 40.0 Å². The molecule has 0 bridgehead atoms. The molecule has 1 amide bonds. The molecule has 0 aliphatic rings. The molecule has 4 nitrogen and oxygen atoms in total. The molecule has 0 heterocycles. The highest BCUT2D eigenvalue weighted by Crippen LogP contribution is 2.14. The molecular weight excluding hydrogens is 192 g/mol. The van der Waals surface area contributed by atoms with E-state index in [1.54, 1.807) is 14.0 Å². The average molecular weight is 214 g/mol. The molecule has 1 atom stereocenters. The van der Waals surface area contributed by atoms with Gasteiger partial charge >= 0.3 is 0 Å². The number of rotatable bonds is 7. The normalized spacial score (nSPS) is 14.4. The van der Waals surface area contributed by atoms with E-state index < -0.39 is 5.54 Å². The summed E-state index contributed by atoms with van der Waals surface area (Å²) in [5.41, 5.74) is -0.420. The van der Waals surface area contributed by atoms with Gasteiger partial charge < -0.3 is 10.6 Å². The van der Waals surface area contributed by atoms with Crippen LogP contribution in [0.2, 0.25) is 0 Å². The van der Waals surface area contributed by atoms with Crippen LogP contribution in [0.5, 0.6) is 0 Å². The van der Waals surface area contributed by atoms with Crippen molar-refractivity contribution in [1.29, 1.82) is 0 Å². The van der Waals surface area contributed by atoms with Gasteiger partial charge in [0.25, 0.3) is 0 Å². The Kier molecular flexibility index (Phi) is 6.17. The highest BCUT2D eigenvalue weighted by atomic mass is 16.1. The summed E-state index contributed by atoms with van der Waals surface area (Å²) in [5.74, 6) is 0.155. The first kappa shape index (κ1) is 14.1. The quantitative estimate of drug-likeness (QED) is 0.618. The van der Waals surface area contributed by atoms with E-state index in [1.807, 2.05) is 6.92 Å².